The maximum Gasteiger partial charge on any atom is 0.407 e. The molecule has 0 saturated carbocycles. The number of pyridine rings is 1. The van der Waals surface area contributed by atoms with E-state index in [4.69, 9.17) is 22.3 Å². The van der Waals surface area contributed by atoms with Crippen molar-refractivity contribution in [3.8, 4) is 0 Å². The number of carbonyl (C=O) groups is 3. The molecule has 1 aromatic heterocycles. The molecule has 0 radical (unpaired) electrons. The third-order valence-corrected chi connectivity index (χ3v) is 9.84. The van der Waals surface area contributed by atoms with Gasteiger partial charge in [0.05, 0.1) is 5.69 Å². The number of halogens is 3. The van der Waals surface area contributed by atoms with Crippen LogP contribution in [0.1, 0.15) is 60.4 Å². The van der Waals surface area contributed by atoms with Crippen LogP contribution >= 0.6 is 43.5 Å². The summed E-state index contributed by atoms with van der Waals surface area (Å²) in [6.45, 7) is 1.52. The van der Waals surface area contributed by atoms with E-state index < -0.39 is 18.0 Å². The van der Waals surface area contributed by atoms with Gasteiger partial charge in [-0.3, -0.25) is 19.5 Å². The number of piperidine rings is 2. The molecular weight excluding hydrogens is 652 g/mol. The maximum atomic E-state index is 13.3. The second-order valence-electron chi connectivity index (χ2n) is 10.8. The summed E-state index contributed by atoms with van der Waals surface area (Å²) in [6, 6.07) is 5.33. The minimum atomic E-state index is -1.15. The lowest BCUT2D eigenvalue weighted by atomic mass is 9.76. The molecule has 3 aliphatic rings. The summed E-state index contributed by atoms with van der Waals surface area (Å²) in [6.07, 6.45) is 5.34. The predicted octanol–water partition coefficient (Wildman–Crippen LogP) is 5.36. The quantitative estimate of drug-likeness (QED) is 0.451. The summed E-state index contributed by atoms with van der Waals surface area (Å²) in [4.78, 5) is 44.5. The van der Waals surface area contributed by atoms with Crippen LogP contribution in [0, 0.1) is 11.8 Å². The fraction of sp³-hybridized carbons (Fsp3) is 0.500. The Hall–Kier alpha value is -2.17. The number of fused-ring (bicyclic) bond motifs is 2. The topological polar surface area (TPSA) is 117 Å². The Morgan fingerprint density at radius 2 is 1.77 bits per heavy atom. The average Bonchev–Trinajstić information content (AvgIpc) is 3.05. The van der Waals surface area contributed by atoms with Gasteiger partial charge >= 0.3 is 6.09 Å². The van der Waals surface area contributed by atoms with Gasteiger partial charge in [-0.15, -0.1) is 0 Å². The van der Waals surface area contributed by atoms with E-state index in [1.54, 1.807) is 0 Å². The van der Waals surface area contributed by atoms with Gasteiger partial charge < -0.3 is 15.7 Å². The van der Waals surface area contributed by atoms with Gasteiger partial charge in [0.25, 0.3) is 0 Å². The summed E-state index contributed by atoms with van der Waals surface area (Å²) < 4.78 is 1.97. The first kappa shape index (κ1) is 28.4. The number of primary amides is 1. The van der Waals surface area contributed by atoms with Crippen molar-refractivity contribution in [3.05, 3.63) is 60.7 Å². The van der Waals surface area contributed by atoms with Crippen molar-refractivity contribution < 1.29 is 19.5 Å². The predicted molar refractivity (Wildman–Crippen MR) is 155 cm³/mol. The van der Waals surface area contributed by atoms with Crippen molar-refractivity contribution in [1.82, 2.24) is 14.8 Å². The molecule has 1 aliphatic carbocycles. The van der Waals surface area contributed by atoms with Crippen molar-refractivity contribution in [3.63, 3.8) is 0 Å². The highest BCUT2D eigenvalue weighted by molar-refractivity contribution is 9.10. The Bertz CT molecular complexity index is 1300. The van der Waals surface area contributed by atoms with Crippen LogP contribution in [-0.4, -0.2) is 63.5 Å². The van der Waals surface area contributed by atoms with E-state index in [2.05, 4.69) is 44.0 Å². The smallest absolute Gasteiger partial charge is 0.407 e. The number of benzene rings is 1. The van der Waals surface area contributed by atoms with E-state index in [1.807, 2.05) is 17.2 Å². The number of carbonyl (C=O) groups excluding carboxylic acids is 2. The summed E-state index contributed by atoms with van der Waals surface area (Å²) in [5, 5.41) is 10.1. The number of aryl methyl sites for hydroxylation is 2. The fourth-order valence-corrected chi connectivity index (χ4v) is 8.11. The standard InChI is InChI=1S/C28H31Br2ClN4O4/c29-19-11-18-2-1-17-12-20(31)13-21(30)24(17)25(26(18)33-14-19)16-4-6-34(7-5-16)23(36)10-15-3-8-35(28(38)39)22(9-15)27(32)37/h11-16,22,25H,1-10H2,(H2,32,37)(H,38,39). The van der Waals surface area contributed by atoms with Crippen LogP contribution in [0.4, 0.5) is 4.79 Å². The van der Waals surface area contributed by atoms with Crippen LogP contribution in [0.25, 0.3) is 0 Å². The number of nitrogens with two attached hydrogens (primary N) is 1. The fourth-order valence-electron chi connectivity index (χ4n) is 6.61. The van der Waals surface area contributed by atoms with Crippen LogP contribution in [0.3, 0.4) is 0 Å². The Labute approximate surface area is 249 Å². The van der Waals surface area contributed by atoms with Gasteiger partial charge in [-0.25, -0.2) is 4.79 Å². The van der Waals surface area contributed by atoms with Gasteiger partial charge in [0, 0.05) is 52.1 Å². The number of aromatic nitrogens is 1. The molecular formula is C28H31Br2ClN4O4. The Kier molecular flexibility index (Phi) is 8.54. The molecule has 3 N–H and O–H groups in total. The van der Waals surface area contributed by atoms with Crippen LogP contribution in [-0.2, 0) is 22.4 Å². The van der Waals surface area contributed by atoms with Crippen molar-refractivity contribution >= 4 is 61.4 Å². The minimum absolute atomic E-state index is 0.0575. The highest BCUT2D eigenvalue weighted by Crippen LogP contribution is 2.46. The lowest BCUT2D eigenvalue weighted by Gasteiger charge is -2.39. The summed E-state index contributed by atoms with van der Waals surface area (Å²) in [5.74, 6) is -0.248. The highest BCUT2D eigenvalue weighted by Gasteiger charge is 2.39. The second-order valence-corrected chi connectivity index (χ2v) is 13.0. The molecule has 2 aliphatic heterocycles. The first-order valence-electron chi connectivity index (χ1n) is 13.3. The number of carboxylic acid groups (broad SMARTS) is 1. The number of rotatable bonds is 4. The number of likely N-dealkylation sites (tertiary alicyclic amines) is 2. The molecule has 8 nitrogen and oxygen atoms in total. The molecule has 39 heavy (non-hydrogen) atoms. The molecule has 208 valence electrons. The van der Waals surface area contributed by atoms with E-state index in [0.29, 0.717) is 36.9 Å². The molecule has 3 heterocycles. The van der Waals surface area contributed by atoms with Gasteiger partial charge in [-0.2, -0.15) is 0 Å². The van der Waals surface area contributed by atoms with Crippen LogP contribution in [0.15, 0.2) is 33.3 Å². The molecule has 11 heteroatoms. The first-order valence-corrected chi connectivity index (χ1v) is 15.3. The first-order chi connectivity index (χ1) is 18.6. The number of amides is 3. The zero-order chi connectivity index (χ0) is 27.8. The molecule has 2 aromatic rings. The average molecular weight is 683 g/mol. The highest BCUT2D eigenvalue weighted by atomic mass is 79.9. The number of nitrogens with zero attached hydrogens (tertiary/aromatic N) is 3. The molecule has 1 aromatic carbocycles. The van der Waals surface area contributed by atoms with Crippen LogP contribution < -0.4 is 5.73 Å². The Morgan fingerprint density at radius 3 is 2.46 bits per heavy atom. The summed E-state index contributed by atoms with van der Waals surface area (Å²) >= 11 is 13.8. The molecule has 3 amide bonds. The third-order valence-electron chi connectivity index (χ3n) is 8.53. The summed E-state index contributed by atoms with van der Waals surface area (Å²) in [5.41, 5.74) is 10.3. The van der Waals surface area contributed by atoms with Gasteiger partial charge in [0.2, 0.25) is 11.8 Å². The van der Waals surface area contributed by atoms with Crippen molar-refractivity contribution in [2.24, 2.45) is 17.6 Å². The van der Waals surface area contributed by atoms with Crippen LogP contribution in [0.5, 0.6) is 0 Å². The van der Waals surface area contributed by atoms with Gasteiger partial charge in [0.15, 0.2) is 0 Å². The van der Waals surface area contributed by atoms with Gasteiger partial charge in [-0.05, 0) is 101 Å². The second kappa shape index (κ2) is 11.7. The van der Waals surface area contributed by atoms with E-state index in [1.165, 1.54) is 16.7 Å². The van der Waals surface area contributed by atoms with E-state index in [9.17, 15) is 19.5 Å². The van der Waals surface area contributed by atoms with E-state index in [-0.39, 0.29) is 30.7 Å². The largest absolute Gasteiger partial charge is 0.465 e. The number of hydrogen-bond acceptors (Lipinski definition) is 4. The molecule has 0 spiro atoms. The molecule has 5 rings (SSSR count). The molecule has 3 atom stereocenters. The lowest BCUT2D eigenvalue weighted by molar-refractivity contribution is -0.135. The van der Waals surface area contributed by atoms with Gasteiger partial charge in [0.1, 0.15) is 6.04 Å². The van der Waals surface area contributed by atoms with Gasteiger partial charge in [-0.1, -0.05) is 27.5 Å². The monoisotopic (exact) mass is 680 g/mol. The van der Waals surface area contributed by atoms with E-state index >= 15 is 0 Å². The lowest BCUT2D eigenvalue weighted by Crippen LogP contribution is -2.52. The number of hydrogen-bond donors (Lipinski definition) is 2. The summed E-state index contributed by atoms with van der Waals surface area (Å²) in [7, 11) is 0. The minimum Gasteiger partial charge on any atom is -0.465 e. The zero-order valence-corrected chi connectivity index (χ0v) is 25.3. The van der Waals surface area contributed by atoms with Crippen molar-refractivity contribution in [2.45, 2.75) is 56.9 Å². The maximum absolute atomic E-state index is 13.3. The Balaban J connectivity index is 1.30. The SMILES string of the molecule is NC(=O)C1CC(CC(=O)N2CCC(C3c4ncc(Br)cc4CCc4cc(Cl)cc(Br)c43)CC2)CCN1C(=O)O. The molecule has 2 fully saturated rings. The molecule has 0 bridgehead atoms. The third kappa shape index (κ3) is 5.98. The Morgan fingerprint density at radius 1 is 1.05 bits per heavy atom. The normalized spacial score (nSPS) is 23.5. The molecule has 2 saturated heterocycles. The zero-order valence-electron chi connectivity index (χ0n) is 21.4. The van der Waals surface area contributed by atoms with Crippen molar-refractivity contribution in [2.75, 3.05) is 19.6 Å². The van der Waals surface area contributed by atoms with E-state index in [0.717, 1.165) is 45.2 Å². The van der Waals surface area contributed by atoms with Crippen LogP contribution in [0.2, 0.25) is 5.02 Å². The molecule has 3 unspecified atom stereocenters. The van der Waals surface area contributed by atoms with Crippen molar-refractivity contribution in [1.29, 1.82) is 0 Å².